The van der Waals surface area contributed by atoms with Crippen LogP contribution in [0.1, 0.15) is 18.7 Å². The van der Waals surface area contributed by atoms with Gasteiger partial charge in [-0.2, -0.15) is 0 Å². The third kappa shape index (κ3) is 4.97. The Morgan fingerprint density at radius 3 is 2.80 bits per heavy atom. The first-order chi connectivity index (χ1) is 12.2. The van der Waals surface area contributed by atoms with Crippen molar-refractivity contribution in [3.63, 3.8) is 0 Å². The number of benzene rings is 2. The maximum absolute atomic E-state index is 11.8. The second-order valence-electron chi connectivity index (χ2n) is 5.56. The van der Waals surface area contributed by atoms with Gasteiger partial charge in [0.05, 0.1) is 11.6 Å². The molecule has 6 heteroatoms. The molecule has 0 aliphatic carbocycles. The molecule has 1 aromatic heterocycles. The van der Waals surface area contributed by atoms with Crippen LogP contribution in [0.2, 0.25) is 5.02 Å². The highest BCUT2D eigenvalue weighted by Gasteiger charge is 2.07. The number of aromatic nitrogens is 1. The van der Waals surface area contributed by atoms with E-state index >= 15 is 0 Å². The first-order valence-electron chi connectivity index (χ1n) is 8.21. The van der Waals surface area contributed by atoms with Crippen molar-refractivity contribution < 1.29 is 13.9 Å². The second kappa shape index (κ2) is 8.53. The summed E-state index contributed by atoms with van der Waals surface area (Å²) in [5.41, 5.74) is 1.62. The van der Waals surface area contributed by atoms with E-state index in [9.17, 15) is 4.79 Å². The number of rotatable bonds is 8. The number of para-hydroxylation sites is 3. The highest BCUT2D eigenvalue weighted by Crippen LogP contribution is 2.22. The number of oxazole rings is 1. The van der Waals surface area contributed by atoms with Gasteiger partial charge >= 0.3 is 0 Å². The minimum Gasteiger partial charge on any atom is -0.490 e. The molecule has 3 rings (SSSR count). The van der Waals surface area contributed by atoms with Crippen molar-refractivity contribution in [3.8, 4) is 5.75 Å². The summed E-state index contributed by atoms with van der Waals surface area (Å²) in [7, 11) is 0. The molecule has 0 saturated heterocycles. The van der Waals surface area contributed by atoms with Crippen molar-refractivity contribution >= 4 is 28.6 Å². The maximum Gasteiger partial charge on any atom is 0.220 e. The molecule has 0 radical (unpaired) electrons. The van der Waals surface area contributed by atoms with E-state index in [1.54, 1.807) is 12.1 Å². The molecule has 0 unspecified atom stereocenters. The largest absolute Gasteiger partial charge is 0.490 e. The summed E-state index contributed by atoms with van der Waals surface area (Å²) >= 11 is 5.99. The van der Waals surface area contributed by atoms with Crippen molar-refractivity contribution in [2.75, 3.05) is 13.2 Å². The topological polar surface area (TPSA) is 64.4 Å². The van der Waals surface area contributed by atoms with Crippen LogP contribution >= 0.6 is 11.6 Å². The number of fused-ring (bicyclic) bond motifs is 1. The van der Waals surface area contributed by atoms with Gasteiger partial charge < -0.3 is 14.5 Å². The summed E-state index contributed by atoms with van der Waals surface area (Å²) in [4.78, 5) is 16.2. The van der Waals surface area contributed by atoms with Gasteiger partial charge in [0.2, 0.25) is 5.91 Å². The lowest BCUT2D eigenvalue weighted by Gasteiger charge is -2.08. The number of carbonyl (C=O) groups excluding carboxylic acids is 1. The van der Waals surface area contributed by atoms with E-state index in [1.807, 2.05) is 36.4 Å². The Balaban J connectivity index is 1.33. The zero-order valence-electron chi connectivity index (χ0n) is 13.7. The number of carbonyl (C=O) groups is 1. The fourth-order valence-electron chi connectivity index (χ4n) is 2.43. The van der Waals surface area contributed by atoms with Gasteiger partial charge in [0.1, 0.15) is 17.9 Å². The van der Waals surface area contributed by atoms with Gasteiger partial charge in [-0.05, 0) is 30.7 Å². The van der Waals surface area contributed by atoms with Crippen LogP contribution in [0.15, 0.2) is 52.9 Å². The number of ether oxygens (including phenoxy) is 1. The lowest BCUT2D eigenvalue weighted by molar-refractivity contribution is -0.121. The van der Waals surface area contributed by atoms with Gasteiger partial charge in [-0.25, -0.2) is 4.98 Å². The molecule has 5 nitrogen and oxygen atoms in total. The van der Waals surface area contributed by atoms with Crippen molar-refractivity contribution in [1.82, 2.24) is 10.3 Å². The Morgan fingerprint density at radius 2 is 1.96 bits per heavy atom. The molecule has 0 spiro atoms. The average molecular weight is 359 g/mol. The van der Waals surface area contributed by atoms with Crippen LogP contribution in [0.3, 0.4) is 0 Å². The van der Waals surface area contributed by atoms with E-state index in [0.717, 1.165) is 11.1 Å². The van der Waals surface area contributed by atoms with Crippen molar-refractivity contribution in [1.29, 1.82) is 0 Å². The van der Waals surface area contributed by atoms with Crippen molar-refractivity contribution in [2.45, 2.75) is 19.3 Å². The number of hydrogen-bond acceptors (Lipinski definition) is 4. The molecule has 0 saturated carbocycles. The highest BCUT2D eigenvalue weighted by atomic mass is 35.5. The normalized spacial score (nSPS) is 10.8. The number of aryl methyl sites for hydroxylation is 1. The monoisotopic (exact) mass is 358 g/mol. The zero-order valence-corrected chi connectivity index (χ0v) is 14.5. The minimum absolute atomic E-state index is 0.0149. The molecule has 25 heavy (non-hydrogen) atoms. The summed E-state index contributed by atoms with van der Waals surface area (Å²) in [5.74, 6) is 1.27. The predicted octanol–water partition coefficient (Wildman–Crippen LogP) is 4.00. The number of nitrogens with one attached hydrogen (secondary N) is 1. The second-order valence-corrected chi connectivity index (χ2v) is 5.96. The van der Waals surface area contributed by atoms with Crippen LogP contribution < -0.4 is 10.1 Å². The third-order valence-corrected chi connectivity index (χ3v) is 3.96. The Bertz CT molecular complexity index is 814. The van der Waals surface area contributed by atoms with E-state index in [1.165, 1.54) is 0 Å². The highest BCUT2D eigenvalue weighted by molar-refractivity contribution is 6.32. The Morgan fingerprint density at radius 1 is 1.16 bits per heavy atom. The molecule has 0 bridgehead atoms. The standard InChI is InChI=1S/C19H19ClN2O3/c20-14-6-1-3-8-16(14)24-13-12-21-18(23)10-5-11-19-22-15-7-2-4-9-17(15)25-19/h1-4,6-9H,5,10-13H2,(H,21,23). The Labute approximate surface area is 151 Å². The van der Waals surface area contributed by atoms with Crippen LogP contribution in [0.25, 0.3) is 11.1 Å². The van der Waals surface area contributed by atoms with Gasteiger partial charge in [-0.15, -0.1) is 0 Å². The molecular weight excluding hydrogens is 340 g/mol. The Hall–Kier alpha value is -2.53. The van der Waals surface area contributed by atoms with Crippen LogP contribution in [-0.4, -0.2) is 24.0 Å². The van der Waals surface area contributed by atoms with Gasteiger partial charge in [0.15, 0.2) is 11.5 Å². The summed E-state index contributed by atoms with van der Waals surface area (Å²) in [6.07, 6.45) is 1.74. The lowest BCUT2D eigenvalue weighted by Crippen LogP contribution is -2.27. The Kier molecular flexibility index (Phi) is 5.90. The van der Waals surface area contributed by atoms with Gasteiger partial charge in [0, 0.05) is 12.8 Å². The predicted molar refractivity (Wildman–Crippen MR) is 96.9 cm³/mol. The molecule has 0 atom stereocenters. The van der Waals surface area contributed by atoms with Crippen LogP contribution in [0.4, 0.5) is 0 Å². The SMILES string of the molecule is O=C(CCCc1nc2ccccc2o1)NCCOc1ccccc1Cl. The first kappa shape index (κ1) is 17.3. The van der Waals surface area contributed by atoms with Gasteiger partial charge in [-0.1, -0.05) is 35.9 Å². The molecule has 1 N–H and O–H groups in total. The molecule has 0 aliphatic rings. The molecule has 0 aliphatic heterocycles. The van der Waals surface area contributed by atoms with E-state index in [0.29, 0.717) is 49.1 Å². The summed E-state index contributed by atoms with van der Waals surface area (Å²) in [6.45, 7) is 0.813. The van der Waals surface area contributed by atoms with Gasteiger partial charge in [-0.3, -0.25) is 4.79 Å². The first-order valence-corrected chi connectivity index (χ1v) is 8.58. The maximum atomic E-state index is 11.8. The van der Waals surface area contributed by atoms with Crippen LogP contribution in [-0.2, 0) is 11.2 Å². The fourth-order valence-corrected chi connectivity index (χ4v) is 2.62. The smallest absolute Gasteiger partial charge is 0.220 e. The number of nitrogens with zero attached hydrogens (tertiary/aromatic N) is 1. The van der Waals surface area contributed by atoms with Crippen molar-refractivity contribution in [2.24, 2.45) is 0 Å². The molecule has 1 heterocycles. The summed E-state index contributed by atoms with van der Waals surface area (Å²) in [6, 6.07) is 14.9. The van der Waals surface area contributed by atoms with Crippen LogP contribution in [0.5, 0.6) is 5.75 Å². The minimum atomic E-state index is -0.0149. The van der Waals surface area contributed by atoms with Gasteiger partial charge in [0.25, 0.3) is 0 Å². The number of halogens is 1. The van der Waals surface area contributed by atoms with E-state index < -0.39 is 0 Å². The summed E-state index contributed by atoms with van der Waals surface area (Å²) < 4.78 is 11.2. The number of amides is 1. The van der Waals surface area contributed by atoms with E-state index in [2.05, 4.69) is 10.3 Å². The molecule has 1 amide bonds. The van der Waals surface area contributed by atoms with E-state index in [-0.39, 0.29) is 5.91 Å². The quantitative estimate of drug-likeness (QED) is 0.618. The molecule has 2 aromatic carbocycles. The molecule has 0 fully saturated rings. The molecule has 3 aromatic rings. The molecule has 130 valence electrons. The molecular formula is C19H19ClN2O3. The van der Waals surface area contributed by atoms with Crippen molar-refractivity contribution in [3.05, 3.63) is 59.4 Å². The third-order valence-electron chi connectivity index (χ3n) is 3.65. The number of hydrogen-bond donors (Lipinski definition) is 1. The lowest BCUT2D eigenvalue weighted by atomic mass is 10.2. The zero-order chi connectivity index (χ0) is 17.5. The average Bonchev–Trinajstić information content (AvgIpc) is 3.03. The fraction of sp³-hybridized carbons (Fsp3) is 0.263. The van der Waals surface area contributed by atoms with Crippen LogP contribution in [0, 0.1) is 0 Å². The summed E-state index contributed by atoms with van der Waals surface area (Å²) in [5, 5.41) is 3.39. The van der Waals surface area contributed by atoms with E-state index in [4.69, 9.17) is 20.8 Å².